The fraction of sp³-hybridized carbons (Fsp3) is 0.0625. The molecule has 0 aliphatic heterocycles. The molecule has 2 aromatic rings. The van der Waals surface area contributed by atoms with Crippen LogP contribution in [-0.4, -0.2) is 17.7 Å². The quantitative estimate of drug-likeness (QED) is 0.553. The summed E-state index contributed by atoms with van der Waals surface area (Å²) in [6.07, 6.45) is 0. The molecule has 0 bridgehead atoms. The summed E-state index contributed by atoms with van der Waals surface area (Å²) in [5.74, 6) is -2.65. The van der Waals surface area contributed by atoms with Crippen molar-refractivity contribution in [1.82, 2.24) is 5.32 Å². The Kier molecular flexibility index (Phi) is 5.13. The van der Waals surface area contributed by atoms with Crippen LogP contribution >= 0.6 is 15.9 Å². The van der Waals surface area contributed by atoms with E-state index in [1.165, 1.54) is 24.3 Å². The number of halogens is 1. The number of hydrogen-bond donors (Lipinski definition) is 3. The molecule has 0 spiro atoms. The molecule has 0 heterocycles. The lowest BCUT2D eigenvalue weighted by Gasteiger charge is -2.08. The Labute approximate surface area is 141 Å². The molecule has 0 unspecified atom stereocenters. The maximum absolute atomic E-state index is 11.9. The number of nitrogens with one attached hydrogen (secondary N) is 2. The van der Waals surface area contributed by atoms with E-state index in [0.717, 1.165) is 5.56 Å². The van der Waals surface area contributed by atoms with Gasteiger partial charge < -0.3 is 11.1 Å². The lowest BCUT2D eigenvalue weighted by Crippen LogP contribution is -2.39. The molecule has 6 nitrogen and oxygen atoms in total. The van der Waals surface area contributed by atoms with Crippen molar-refractivity contribution in [3.05, 3.63) is 58.1 Å². The second kappa shape index (κ2) is 7.06. The minimum absolute atomic E-state index is 0.233. The van der Waals surface area contributed by atoms with Gasteiger partial charge in [0.05, 0.1) is 5.69 Å². The van der Waals surface area contributed by atoms with Gasteiger partial charge in [-0.15, -0.1) is 0 Å². The van der Waals surface area contributed by atoms with Gasteiger partial charge >= 0.3 is 11.8 Å². The lowest BCUT2D eigenvalue weighted by atomic mass is 10.2. The van der Waals surface area contributed by atoms with Crippen LogP contribution in [0.5, 0.6) is 0 Å². The van der Waals surface area contributed by atoms with Gasteiger partial charge in [-0.25, -0.2) is 0 Å². The van der Waals surface area contributed by atoms with Crippen molar-refractivity contribution in [2.45, 2.75) is 6.92 Å². The summed E-state index contributed by atoms with van der Waals surface area (Å²) >= 11 is 3.29. The summed E-state index contributed by atoms with van der Waals surface area (Å²) < 4.78 is 0.642. The lowest BCUT2D eigenvalue weighted by molar-refractivity contribution is -0.135. The van der Waals surface area contributed by atoms with Crippen LogP contribution in [0.2, 0.25) is 0 Å². The first-order chi connectivity index (χ1) is 10.9. The van der Waals surface area contributed by atoms with E-state index in [-0.39, 0.29) is 5.56 Å². The zero-order valence-corrected chi connectivity index (χ0v) is 13.8. The molecule has 7 heteroatoms. The number of nitrogens with two attached hydrogens (primary N) is 1. The van der Waals surface area contributed by atoms with Gasteiger partial charge in [-0.3, -0.25) is 19.7 Å². The van der Waals surface area contributed by atoms with Crippen LogP contribution in [0.1, 0.15) is 15.9 Å². The molecular weight excluding hydrogens is 362 g/mol. The highest BCUT2D eigenvalue weighted by Gasteiger charge is 2.18. The van der Waals surface area contributed by atoms with Gasteiger partial charge in [0, 0.05) is 15.7 Å². The summed E-state index contributed by atoms with van der Waals surface area (Å²) in [4.78, 5) is 35.5. The SMILES string of the molecule is Cc1ccc(NC(=O)C(=O)NC(=O)c2ccc(N)cc2)c(Br)c1. The number of anilines is 2. The smallest absolute Gasteiger partial charge is 0.316 e. The number of aryl methyl sites for hydroxylation is 1. The van der Waals surface area contributed by atoms with E-state index >= 15 is 0 Å². The third-order valence-electron chi connectivity index (χ3n) is 2.98. The molecule has 0 aliphatic carbocycles. The van der Waals surface area contributed by atoms with Gasteiger partial charge in [-0.1, -0.05) is 6.07 Å². The fourth-order valence-corrected chi connectivity index (χ4v) is 2.36. The molecule has 2 rings (SSSR count). The van der Waals surface area contributed by atoms with E-state index in [4.69, 9.17) is 5.73 Å². The highest BCUT2D eigenvalue weighted by atomic mass is 79.9. The second-order valence-corrected chi connectivity index (χ2v) is 5.70. The first-order valence-electron chi connectivity index (χ1n) is 6.65. The molecule has 118 valence electrons. The summed E-state index contributed by atoms with van der Waals surface area (Å²) in [7, 11) is 0. The van der Waals surface area contributed by atoms with Gasteiger partial charge in [0.15, 0.2) is 0 Å². The maximum Gasteiger partial charge on any atom is 0.316 e. The molecular formula is C16H14BrN3O3. The Morgan fingerprint density at radius 2 is 1.65 bits per heavy atom. The molecule has 0 saturated heterocycles. The van der Waals surface area contributed by atoms with Crippen molar-refractivity contribution in [2.75, 3.05) is 11.1 Å². The summed E-state index contributed by atoms with van der Waals surface area (Å²) in [6.45, 7) is 1.90. The number of benzene rings is 2. The first kappa shape index (κ1) is 16.7. The third-order valence-corrected chi connectivity index (χ3v) is 3.64. The third kappa shape index (κ3) is 4.40. The molecule has 0 fully saturated rings. The first-order valence-corrected chi connectivity index (χ1v) is 7.44. The largest absolute Gasteiger partial charge is 0.399 e. The van der Waals surface area contributed by atoms with Crippen molar-refractivity contribution in [2.24, 2.45) is 0 Å². The Balaban J connectivity index is 2.01. The standard InChI is InChI=1S/C16H14BrN3O3/c1-9-2-7-13(12(17)8-9)19-15(22)16(23)20-14(21)10-3-5-11(18)6-4-10/h2-8H,18H2,1H3,(H,19,22)(H,20,21,23). The van der Waals surface area contributed by atoms with E-state index < -0.39 is 17.7 Å². The summed E-state index contributed by atoms with van der Waals surface area (Å²) in [5, 5.41) is 4.45. The van der Waals surface area contributed by atoms with Crippen LogP contribution in [0.25, 0.3) is 0 Å². The zero-order chi connectivity index (χ0) is 17.0. The molecule has 0 saturated carbocycles. The molecule has 4 N–H and O–H groups in total. The maximum atomic E-state index is 11.9. The van der Waals surface area contributed by atoms with Crippen LogP contribution < -0.4 is 16.4 Å². The average Bonchev–Trinajstić information content (AvgIpc) is 2.50. The van der Waals surface area contributed by atoms with Crippen molar-refractivity contribution < 1.29 is 14.4 Å². The average molecular weight is 376 g/mol. The number of imide groups is 1. The number of carbonyl (C=O) groups excluding carboxylic acids is 3. The number of hydrogen-bond acceptors (Lipinski definition) is 4. The molecule has 0 atom stereocenters. The van der Waals surface area contributed by atoms with E-state index in [9.17, 15) is 14.4 Å². The second-order valence-electron chi connectivity index (χ2n) is 4.84. The highest BCUT2D eigenvalue weighted by molar-refractivity contribution is 9.10. The number of carbonyl (C=O) groups is 3. The van der Waals surface area contributed by atoms with Crippen molar-refractivity contribution in [3.63, 3.8) is 0 Å². The van der Waals surface area contributed by atoms with E-state index in [2.05, 4.69) is 21.2 Å². The Hall–Kier alpha value is -2.67. The Bertz CT molecular complexity index is 773. The fourth-order valence-electron chi connectivity index (χ4n) is 1.77. The normalized spacial score (nSPS) is 10.0. The minimum Gasteiger partial charge on any atom is -0.399 e. The molecule has 23 heavy (non-hydrogen) atoms. The van der Waals surface area contributed by atoms with Crippen LogP contribution in [0, 0.1) is 6.92 Å². The minimum atomic E-state index is -1.04. The van der Waals surface area contributed by atoms with Crippen LogP contribution in [0.15, 0.2) is 46.9 Å². The molecule has 0 radical (unpaired) electrons. The van der Waals surface area contributed by atoms with Crippen LogP contribution in [-0.2, 0) is 9.59 Å². The molecule has 3 amide bonds. The summed E-state index contributed by atoms with van der Waals surface area (Å²) in [6, 6.07) is 11.2. The number of amides is 3. The Morgan fingerprint density at radius 3 is 2.26 bits per heavy atom. The van der Waals surface area contributed by atoms with Crippen LogP contribution in [0.3, 0.4) is 0 Å². The van der Waals surface area contributed by atoms with Crippen LogP contribution in [0.4, 0.5) is 11.4 Å². The highest BCUT2D eigenvalue weighted by Crippen LogP contribution is 2.23. The van der Waals surface area contributed by atoms with E-state index in [0.29, 0.717) is 15.8 Å². The summed E-state index contributed by atoms with van der Waals surface area (Å²) in [5.41, 5.74) is 7.69. The Morgan fingerprint density at radius 1 is 1.00 bits per heavy atom. The predicted octanol–water partition coefficient (Wildman–Crippen LogP) is 2.23. The van der Waals surface area contributed by atoms with Gasteiger partial charge in [-0.05, 0) is 64.8 Å². The molecule has 0 aromatic heterocycles. The van der Waals surface area contributed by atoms with Gasteiger partial charge in [0.25, 0.3) is 5.91 Å². The monoisotopic (exact) mass is 375 g/mol. The van der Waals surface area contributed by atoms with Gasteiger partial charge in [0.1, 0.15) is 0 Å². The number of rotatable bonds is 2. The van der Waals surface area contributed by atoms with Gasteiger partial charge in [0.2, 0.25) is 0 Å². The molecule has 0 aliphatic rings. The predicted molar refractivity (Wildman–Crippen MR) is 90.8 cm³/mol. The van der Waals surface area contributed by atoms with E-state index in [1.54, 1.807) is 18.2 Å². The zero-order valence-electron chi connectivity index (χ0n) is 12.2. The number of nitrogen functional groups attached to an aromatic ring is 1. The van der Waals surface area contributed by atoms with Crippen molar-refractivity contribution in [3.8, 4) is 0 Å². The van der Waals surface area contributed by atoms with Crippen molar-refractivity contribution in [1.29, 1.82) is 0 Å². The van der Waals surface area contributed by atoms with Crippen molar-refractivity contribution >= 4 is 45.0 Å². The topological polar surface area (TPSA) is 101 Å². The van der Waals surface area contributed by atoms with E-state index in [1.807, 2.05) is 12.2 Å². The van der Waals surface area contributed by atoms with Gasteiger partial charge in [-0.2, -0.15) is 0 Å². The molecule has 2 aromatic carbocycles.